The standard InChI is InChI=1S/C26H29N3O2/c1-17-9-8-14-21(18(17)2)29-24(30)23-15-19-10-4-7-13-22(19)28(23)16-26(29,3)25(31)27-20-11-5-6-12-20/h4,7-10,13-15,20H,5-6,11-12,16H2,1-3H3,(H,27,31)/t26-/m0/s1. The number of fused-ring (bicyclic) bond motifs is 3. The fraction of sp³-hybridized carbons (Fsp3) is 0.385. The van der Waals surface area contributed by atoms with Crippen molar-refractivity contribution in [2.24, 2.45) is 0 Å². The molecule has 2 aromatic carbocycles. The lowest BCUT2D eigenvalue weighted by Crippen LogP contribution is -2.65. The first kappa shape index (κ1) is 19.9. The summed E-state index contributed by atoms with van der Waals surface area (Å²) in [6.45, 7) is 6.40. The van der Waals surface area contributed by atoms with E-state index >= 15 is 0 Å². The van der Waals surface area contributed by atoms with Crippen LogP contribution in [0.3, 0.4) is 0 Å². The van der Waals surface area contributed by atoms with Gasteiger partial charge in [0.05, 0.1) is 6.54 Å². The Labute approximate surface area is 183 Å². The van der Waals surface area contributed by atoms with Crippen LogP contribution in [0, 0.1) is 13.8 Å². The largest absolute Gasteiger partial charge is 0.351 e. The summed E-state index contributed by atoms with van der Waals surface area (Å²) in [5, 5.41) is 4.29. The van der Waals surface area contributed by atoms with Crippen LogP contribution < -0.4 is 10.2 Å². The first-order valence-electron chi connectivity index (χ1n) is 11.2. The number of para-hydroxylation sites is 1. The minimum atomic E-state index is -1.02. The third-order valence-corrected chi connectivity index (χ3v) is 7.19. The second kappa shape index (κ2) is 7.26. The monoisotopic (exact) mass is 415 g/mol. The molecule has 3 aromatic rings. The van der Waals surface area contributed by atoms with E-state index in [-0.39, 0.29) is 17.9 Å². The van der Waals surface area contributed by atoms with Gasteiger partial charge in [0.25, 0.3) is 5.91 Å². The number of nitrogens with zero attached hydrogens (tertiary/aromatic N) is 2. The van der Waals surface area contributed by atoms with Crippen molar-refractivity contribution in [3.05, 3.63) is 65.4 Å². The van der Waals surface area contributed by atoms with E-state index in [9.17, 15) is 9.59 Å². The lowest BCUT2D eigenvalue weighted by molar-refractivity contribution is -0.127. The molecule has 0 saturated heterocycles. The Morgan fingerprint density at radius 2 is 1.81 bits per heavy atom. The smallest absolute Gasteiger partial charge is 0.275 e. The van der Waals surface area contributed by atoms with Crippen LogP contribution in [0.5, 0.6) is 0 Å². The van der Waals surface area contributed by atoms with Crippen LogP contribution >= 0.6 is 0 Å². The van der Waals surface area contributed by atoms with Crippen LogP contribution in [0.15, 0.2) is 48.5 Å². The second-order valence-corrected chi connectivity index (χ2v) is 9.26. The molecular formula is C26H29N3O2. The average Bonchev–Trinajstić information content (AvgIpc) is 3.39. The second-order valence-electron chi connectivity index (χ2n) is 9.26. The Bertz CT molecular complexity index is 1190. The molecule has 1 saturated carbocycles. The number of hydrogen-bond donors (Lipinski definition) is 1. The fourth-order valence-corrected chi connectivity index (χ4v) is 5.21. The molecule has 1 fully saturated rings. The molecule has 5 heteroatoms. The van der Waals surface area contributed by atoms with Gasteiger partial charge >= 0.3 is 0 Å². The van der Waals surface area contributed by atoms with Crippen molar-refractivity contribution in [2.45, 2.75) is 64.6 Å². The molecule has 2 amide bonds. The molecule has 1 N–H and O–H groups in total. The zero-order valence-corrected chi connectivity index (χ0v) is 18.4. The first-order chi connectivity index (χ1) is 14.9. The van der Waals surface area contributed by atoms with E-state index in [4.69, 9.17) is 0 Å². The third-order valence-electron chi connectivity index (χ3n) is 7.19. The van der Waals surface area contributed by atoms with Gasteiger partial charge in [0.15, 0.2) is 0 Å². The molecule has 0 unspecified atom stereocenters. The van der Waals surface area contributed by atoms with Crippen LogP contribution in [-0.2, 0) is 11.3 Å². The van der Waals surface area contributed by atoms with E-state index in [0.717, 1.165) is 53.4 Å². The number of aryl methyl sites for hydroxylation is 1. The topological polar surface area (TPSA) is 54.3 Å². The Morgan fingerprint density at radius 1 is 1.06 bits per heavy atom. The van der Waals surface area contributed by atoms with Crippen molar-refractivity contribution >= 4 is 28.4 Å². The SMILES string of the molecule is Cc1cccc(N2C(=O)c3cc4ccccc4n3C[C@@]2(C)C(=O)NC2CCCC2)c1C. The number of aromatic nitrogens is 1. The Kier molecular flexibility index (Phi) is 4.65. The molecule has 2 aliphatic rings. The van der Waals surface area contributed by atoms with Gasteiger partial charge < -0.3 is 9.88 Å². The lowest BCUT2D eigenvalue weighted by atomic mass is 9.92. The summed E-state index contributed by atoms with van der Waals surface area (Å²) in [4.78, 5) is 29.4. The van der Waals surface area contributed by atoms with Crippen LogP contribution in [0.1, 0.15) is 54.2 Å². The molecule has 0 spiro atoms. The molecule has 2 heterocycles. The maximum atomic E-state index is 13.9. The summed E-state index contributed by atoms with van der Waals surface area (Å²) >= 11 is 0. The number of nitrogens with one attached hydrogen (secondary N) is 1. The maximum absolute atomic E-state index is 13.9. The van der Waals surface area contributed by atoms with E-state index in [1.807, 2.05) is 73.9 Å². The van der Waals surface area contributed by atoms with E-state index in [1.54, 1.807) is 4.90 Å². The van der Waals surface area contributed by atoms with Crippen molar-refractivity contribution in [3.63, 3.8) is 0 Å². The van der Waals surface area contributed by atoms with Gasteiger partial charge in [-0.15, -0.1) is 0 Å². The van der Waals surface area contributed by atoms with Crippen molar-refractivity contribution < 1.29 is 9.59 Å². The molecule has 5 rings (SSSR count). The number of benzene rings is 2. The molecule has 160 valence electrons. The van der Waals surface area contributed by atoms with Gasteiger partial charge in [-0.2, -0.15) is 0 Å². The van der Waals surface area contributed by atoms with E-state index in [0.29, 0.717) is 12.2 Å². The average molecular weight is 416 g/mol. The molecule has 5 nitrogen and oxygen atoms in total. The number of carbonyl (C=O) groups is 2. The molecule has 1 aliphatic heterocycles. The van der Waals surface area contributed by atoms with Crippen molar-refractivity contribution in [1.82, 2.24) is 9.88 Å². The van der Waals surface area contributed by atoms with Gasteiger partial charge in [-0.05, 0) is 62.9 Å². The van der Waals surface area contributed by atoms with Gasteiger partial charge in [-0.1, -0.05) is 43.2 Å². The Hall–Kier alpha value is -3.08. The Balaban J connectivity index is 1.67. The van der Waals surface area contributed by atoms with Gasteiger partial charge in [-0.3, -0.25) is 14.5 Å². The lowest BCUT2D eigenvalue weighted by Gasteiger charge is -2.45. The van der Waals surface area contributed by atoms with Crippen LogP contribution in [0.4, 0.5) is 5.69 Å². The molecule has 0 bridgehead atoms. The summed E-state index contributed by atoms with van der Waals surface area (Å²) in [6, 6.07) is 16.1. The van der Waals surface area contributed by atoms with E-state index in [1.165, 1.54) is 0 Å². The fourth-order valence-electron chi connectivity index (χ4n) is 5.21. The van der Waals surface area contributed by atoms with Crippen molar-refractivity contribution in [1.29, 1.82) is 0 Å². The predicted molar refractivity (Wildman–Crippen MR) is 123 cm³/mol. The molecule has 0 radical (unpaired) electrons. The quantitative estimate of drug-likeness (QED) is 0.672. The molecule has 1 aromatic heterocycles. The van der Waals surface area contributed by atoms with Gasteiger partial charge in [0.2, 0.25) is 5.91 Å². The van der Waals surface area contributed by atoms with E-state index < -0.39 is 5.54 Å². The number of hydrogen-bond acceptors (Lipinski definition) is 2. The number of rotatable bonds is 3. The number of anilines is 1. The highest BCUT2D eigenvalue weighted by Crippen LogP contribution is 2.38. The maximum Gasteiger partial charge on any atom is 0.275 e. The summed E-state index contributed by atoms with van der Waals surface area (Å²) in [7, 11) is 0. The van der Waals surface area contributed by atoms with Crippen LogP contribution in [-0.4, -0.2) is 28.0 Å². The first-order valence-corrected chi connectivity index (χ1v) is 11.2. The molecule has 1 aliphatic carbocycles. The summed E-state index contributed by atoms with van der Waals surface area (Å²) in [5.41, 5.74) is 3.55. The zero-order chi connectivity index (χ0) is 21.8. The highest BCUT2D eigenvalue weighted by molar-refractivity contribution is 6.14. The molecule has 31 heavy (non-hydrogen) atoms. The minimum absolute atomic E-state index is 0.0721. The predicted octanol–water partition coefficient (Wildman–Crippen LogP) is 4.74. The van der Waals surface area contributed by atoms with Crippen LogP contribution in [0.25, 0.3) is 10.9 Å². The third kappa shape index (κ3) is 3.06. The number of amides is 2. The van der Waals surface area contributed by atoms with Crippen molar-refractivity contribution in [2.75, 3.05) is 4.90 Å². The Morgan fingerprint density at radius 3 is 2.58 bits per heavy atom. The molecular weight excluding hydrogens is 386 g/mol. The van der Waals surface area contributed by atoms with Gasteiger partial charge in [0, 0.05) is 22.6 Å². The van der Waals surface area contributed by atoms with E-state index in [2.05, 4.69) is 5.32 Å². The van der Waals surface area contributed by atoms with Gasteiger partial charge in [-0.25, -0.2) is 0 Å². The highest BCUT2D eigenvalue weighted by Gasteiger charge is 2.49. The number of carbonyl (C=O) groups excluding carboxylic acids is 2. The normalized spacial score (nSPS) is 21.5. The minimum Gasteiger partial charge on any atom is -0.351 e. The molecule has 1 atom stereocenters. The summed E-state index contributed by atoms with van der Waals surface area (Å²) < 4.78 is 2.02. The summed E-state index contributed by atoms with van der Waals surface area (Å²) in [5.74, 6) is -0.197. The zero-order valence-electron chi connectivity index (χ0n) is 18.4. The van der Waals surface area contributed by atoms with Crippen molar-refractivity contribution in [3.8, 4) is 0 Å². The summed E-state index contributed by atoms with van der Waals surface area (Å²) in [6.07, 6.45) is 4.31. The van der Waals surface area contributed by atoms with Crippen LogP contribution in [0.2, 0.25) is 0 Å². The van der Waals surface area contributed by atoms with Gasteiger partial charge in [0.1, 0.15) is 11.2 Å². The highest BCUT2D eigenvalue weighted by atomic mass is 16.2.